The molecule has 2 aliphatic rings. The van der Waals surface area contributed by atoms with Crippen molar-refractivity contribution < 1.29 is 0 Å². The average Bonchev–Trinajstić information content (AvgIpc) is 2.81. The Balaban J connectivity index is 1.59. The monoisotopic (exact) mass is 229 g/mol. The van der Waals surface area contributed by atoms with Crippen LogP contribution in [0.5, 0.6) is 0 Å². The summed E-state index contributed by atoms with van der Waals surface area (Å²) in [6.07, 6.45) is 6.55. The van der Waals surface area contributed by atoms with E-state index in [1.807, 2.05) is 0 Å². The van der Waals surface area contributed by atoms with Crippen molar-refractivity contribution in [2.24, 2.45) is 5.41 Å². The van der Waals surface area contributed by atoms with Gasteiger partial charge in [0.05, 0.1) is 0 Å². The van der Waals surface area contributed by atoms with E-state index in [2.05, 4.69) is 43.4 Å². The normalized spacial score (nSPS) is 27.3. The molecule has 1 nitrogen and oxygen atoms in total. The van der Waals surface area contributed by atoms with E-state index in [9.17, 15) is 0 Å². The predicted molar refractivity (Wildman–Crippen MR) is 72.2 cm³/mol. The summed E-state index contributed by atoms with van der Waals surface area (Å²) in [6.45, 7) is 4.80. The van der Waals surface area contributed by atoms with Crippen LogP contribution in [0.2, 0.25) is 0 Å². The Bertz CT molecular complexity index is 383. The summed E-state index contributed by atoms with van der Waals surface area (Å²) < 4.78 is 0. The van der Waals surface area contributed by atoms with E-state index in [1.165, 1.54) is 32.1 Å². The molecule has 1 aromatic rings. The van der Waals surface area contributed by atoms with Crippen molar-refractivity contribution in [3.05, 3.63) is 35.4 Å². The maximum atomic E-state index is 3.88. The molecule has 1 atom stereocenters. The molecule has 1 unspecified atom stereocenters. The first-order chi connectivity index (χ1) is 8.12. The van der Waals surface area contributed by atoms with Crippen LogP contribution >= 0.6 is 0 Å². The van der Waals surface area contributed by atoms with Crippen molar-refractivity contribution >= 4 is 0 Å². The smallest absolute Gasteiger partial charge is 0.0151 e. The average molecular weight is 229 g/mol. The number of rotatable bonds is 2. The van der Waals surface area contributed by atoms with Gasteiger partial charge in [0.1, 0.15) is 0 Å². The number of fused-ring (bicyclic) bond motifs is 1. The topological polar surface area (TPSA) is 12.0 Å². The largest absolute Gasteiger partial charge is 0.311 e. The fourth-order valence-corrected chi connectivity index (χ4v) is 3.59. The zero-order chi connectivity index (χ0) is 11.9. The number of nitrogens with one attached hydrogen (secondary N) is 1. The van der Waals surface area contributed by atoms with Gasteiger partial charge in [0.2, 0.25) is 0 Å². The first-order valence-electron chi connectivity index (χ1n) is 6.95. The summed E-state index contributed by atoms with van der Waals surface area (Å²) in [5.41, 5.74) is 3.67. The Morgan fingerprint density at radius 2 is 1.71 bits per heavy atom. The van der Waals surface area contributed by atoms with Gasteiger partial charge in [-0.25, -0.2) is 0 Å². The number of hydrogen-bond donors (Lipinski definition) is 1. The van der Waals surface area contributed by atoms with Gasteiger partial charge in [-0.3, -0.25) is 0 Å². The van der Waals surface area contributed by atoms with Crippen LogP contribution in [-0.2, 0) is 12.8 Å². The van der Waals surface area contributed by atoms with Crippen LogP contribution in [0.4, 0.5) is 0 Å². The van der Waals surface area contributed by atoms with Gasteiger partial charge in [-0.2, -0.15) is 0 Å². The van der Waals surface area contributed by atoms with Gasteiger partial charge in [0.15, 0.2) is 0 Å². The Kier molecular flexibility index (Phi) is 2.74. The van der Waals surface area contributed by atoms with Gasteiger partial charge in [0, 0.05) is 12.1 Å². The highest BCUT2D eigenvalue weighted by Crippen LogP contribution is 2.37. The molecule has 0 heterocycles. The Morgan fingerprint density at radius 1 is 1.06 bits per heavy atom. The molecule has 0 amide bonds. The van der Waals surface area contributed by atoms with E-state index in [-0.39, 0.29) is 0 Å². The van der Waals surface area contributed by atoms with Gasteiger partial charge in [-0.15, -0.1) is 0 Å². The standard InChI is InChI=1S/C16H23N/c1-16(2)8-7-14(11-16)17-15-9-12-5-3-4-6-13(12)10-15/h3-6,14-15,17H,7-11H2,1-2H3. The summed E-state index contributed by atoms with van der Waals surface area (Å²) in [5, 5.41) is 3.88. The lowest BCUT2D eigenvalue weighted by Crippen LogP contribution is -2.37. The molecule has 0 radical (unpaired) electrons. The van der Waals surface area contributed by atoms with Crippen LogP contribution < -0.4 is 5.32 Å². The lowest BCUT2D eigenvalue weighted by Gasteiger charge is -2.21. The van der Waals surface area contributed by atoms with Crippen molar-refractivity contribution in [1.29, 1.82) is 0 Å². The van der Waals surface area contributed by atoms with Gasteiger partial charge in [0.25, 0.3) is 0 Å². The van der Waals surface area contributed by atoms with Crippen molar-refractivity contribution in [1.82, 2.24) is 5.32 Å². The molecule has 92 valence electrons. The third-order valence-corrected chi connectivity index (χ3v) is 4.49. The third kappa shape index (κ3) is 2.40. The number of hydrogen-bond acceptors (Lipinski definition) is 1. The molecule has 1 heteroatoms. The van der Waals surface area contributed by atoms with Crippen LogP contribution in [0.1, 0.15) is 44.2 Å². The van der Waals surface area contributed by atoms with Crippen LogP contribution in [0.3, 0.4) is 0 Å². The van der Waals surface area contributed by atoms with Gasteiger partial charge >= 0.3 is 0 Å². The molecule has 0 aliphatic heterocycles. The minimum Gasteiger partial charge on any atom is -0.311 e. The lowest BCUT2D eigenvalue weighted by atomic mass is 9.92. The van der Waals surface area contributed by atoms with Crippen molar-refractivity contribution in [3.8, 4) is 0 Å². The second-order valence-electron chi connectivity index (χ2n) is 6.64. The molecule has 0 bridgehead atoms. The van der Waals surface area contributed by atoms with Crippen LogP contribution in [-0.4, -0.2) is 12.1 Å². The van der Waals surface area contributed by atoms with E-state index in [4.69, 9.17) is 0 Å². The molecule has 0 aromatic heterocycles. The van der Waals surface area contributed by atoms with E-state index in [0.29, 0.717) is 11.5 Å². The molecule has 0 spiro atoms. The summed E-state index contributed by atoms with van der Waals surface area (Å²) in [4.78, 5) is 0. The molecule has 1 N–H and O–H groups in total. The molecule has 1 aromatic carbocycles. The van der Waals surface area contributed by atoms with Crippen molar-refractivity contribution in [2.45, 2.75) is 58.0 Å². The van der Waals surface area contributed by atoms with E-state index in [0.717, 1.165) is 6.04 Å². The molecule has 1 fully saturated rings. The van der Waals surface area contributed by atoms with Gasteiger partial charge in [-0.05, 0) is 48.6 Å². The SMILES string of the molecule is CC1(C)CCC(NC2Cc3ccccc3C2)C1. The van der Waals surface area contributed by atoms with Crippen LogP contribution in [0, 0.1) is 5.41 Å². The summed E-state index contributed by atoms with van der Waals surface area (Å²) in [5.74, 6) is 0. The highest BCUT2D eigenvalue weighted by molar-refractivity contribution is 5.33. The van der Waals surface area contributed by atoms with Crippen molar-refractivity contribution in [2.75, 3.05) is 0 Å². The molecule has 17 heavy (non-hydrogen) atoms. The summed E-state index contributed by atoms with van der Waals surface area (Å²) >= 11 is 0. The Morgan fingerprint density at radius 3 is 2.24 bits per heavy atom. The minimum atomic E-state index is 0.559. The summed E-state index contributed by atoms with van der Waals surface area (Å²) in [7, 11) is 0. The quantitative estimate of drug-likeness (QED) is 0.820. The van der Waals surface area contributed by atoms with E-state index in [1.54, 1.807) is 11.1 Å². The third-order valence-electron chi connectivity index (χ3n) is 4.49. The Hall–Kier alpha value is -0.820. The van der Waals surface area contributed by atoms with Crippen LogP contribution in [0.15, 0.2) is 24.3 Å². The second-order valence-corrected chi connectivity index (χ2v) is 6.64. The molecule has 0 saturated heterocycles. The zero-order valence-corrected chi connectivity index (χ0v) is 11.0. The fraction of sp³-hybridized carbons (Fsp3) is 0.625. The molecular weight excluding hydrogens is 206 g/mol. The molecular formula is C16H23N. The Labute approximate surface area is 105 Å². The highest BCUT2D eigenvalue weighted by atomic mass is 15.0. The van der Waals surface area contributed by atoms with Gasteiger partial charge in [-0.1, -0.05) is 38.1 Å². The predicted octanol–water partition coefficient (Wildman–Crippen LogP) is 3.32. The summed E-state index contributed by atoms with van der Waals surface area (Å²) in [6, 6.07) is 10.3. The maximum Gasteiger partial charge on any atom is 0.0151 e. The fourth-order valence-electron chi connectivity index (χ4n) is 3.59. The first kappa shape index (κ1) is 11.3. The molecule has 2 aliphatic carbocycles. The van der Waals surface area contributed by atoms with Crippen molar-refractivity contribution in [3.63, 3.8) is 0 Å². The van der Waals surface area contributed by atoms with Gasteiger partial charge < -0.3 is 5.32 Å². The maximum absolute atomic E-state index is 3.88. The highest BCUT2D eigenvalue weighted by Gasteiger charge is 2.33. The lowest BCUT2D eigenvalue weighted by molar-refractivity contribution is 0.353. The second kappa shape index (κ2) is 4.13. The van der Waals surface area contributed by atoms with E-state index < -0.39 is 0 Å². The number of benzene rings is 1. The minimum absolute atomic E-state index is 0.559. The zero-order valence-electron chi connectivity index (χ0n) is 11.0. The molecule has 3 rings (SSSR count). The first-order valence-corrected chi connectivity index (χ1v) is 6.95. The van der Waals surface area contributed by atoms with E-state index >= 15 is 0 Å². The molecule has 1 saturated carbocycles. The van der Waals surface area contributed by atoms with Crippen LogP contribution in [0.25, 0.3) is 0 Å².